The van der Waals surface area contributed by atoms with Crippen molar-refractivity contribution in [1.82, 2.24) is 5.32 Å². The summed E-state index contributed by atoms with van der Waals surface area (Å²) in [4.78, 5) is 22.2. The van der Waals surface area contributed by atoms with Crippen LogP contribution >= 0.6 is 11.8 Å². The van der Waals surface area contributed by atoms with E-state index in [4.69, 9.17) is 9.84 Å². The lowest BCUT2D eigenvalue weighted by atomic mass is 10.1. The quantitative estimate of drug-likeness (QED) is 0.317. The van der Waals surface area contributed by atoms with Gasteiger partial charge in [-0.1, -0.05) is 30.0 Å². The second-order valence-corrected chi connectivity index (χ2v) is 6.19. The van der Waals surface area contributed by atoms with Crippen LogP contribution in [0.1, 0.15) is 17.5 Å². The Morgan fingerprint density at radius 3 is 3.00 bits per heavy atom. The van der Waals surface area contributed by atoms with Gasteiger partial charge in [0.1, 0.15) is 11.1 Å². The number of carbonyl (C=O) groups excluding carboxylic acids is 1. The summed E-state index contributed by atoms with van der Waals surface area (Å²) in [5.74, 6) is -1.91. The molecule has 9 heteroatoms. The molecule has 0 bridgehead atoms. The van der Waals surface area contributed by atoms with E-state index in [1.807, 2.05) is 0 Å². The Hall–Kier alpha value is -2.52. The molecule has 0 radical (unpaired) electrons. The third-order valence-corrected chi connectivity index (χ3v) is 4.13. The number of nitrogens with one attached hydrogen (secondary N) is 1. The van der Waals surface area contributed by atoms with Crippen LogP contribution in [0.25, 0.3) is 0 Å². The predicted octanol–water partition coefficient (Wildman–Crippen LogP) is 1.92. The van der Waals surface area contributed by atoms with Gasteiger partial charge in [-0.3, -0.25) is 9.59 Å². The van der Waals surface area contributed by atoms with Crippen molar-refractivity contribution in [1.29, 1.82) is 0 Å². The molecule has 7 nitrogen and oxygen atoms in total. The molecule has 1 amide bonds. The third-order valence-electron chi connectivity index (χ3n) is 3.06. The molecule has 0 spiro atoms. The standard InChI is InChI=1S/C16H16FN3O4S/c1-2-5-24-9-11-4-3-10(6-12(11)17)8-18-20-16-19-15(23)13(25-16)7-14(21)22/h2-4,6,8,13H,1,5,7,9H2,(H,21,22)(H,19,20,23). The second-order valence-electron chi connectivity index (χ2n) is 5.00. The summed E-state index contributed by atoms with van der Waals surface area (Å²) < 4.78 is 19.1. The number of amidine groups is 1. The van der Waals surface area contributed by atoms with Gasteiger partial charge in [0, 0.05) is 5.56 Å². The molecule has 1 atom stereocenters. The number of carboxylic acid groups (broad SMARTS) is 1. The van der Waals surface area contributed by atoms with Crippen LogP contribution in [0.2, 0.25) is 0 Å². The van der Waals surface area contributed by atoms with Gasteiger partial charge in [-0.25, -0.2) is 4.39 Å². The van der Waals surface area contributed by atoms with Gasteiger partial charge >= 0.3 is 5.97 Å². The minimum Gasteiger partial charge on any atom is -0.481 e. The lowest BCUT2D eigenvalue weighted by Crippen LogP contribution is -2.26. The van der Waals surface area contributed by atoms with E-state index >= 15 is 0 Å². The van der Waals surface area contributed by atoms with Crippen LogP contribution in [0.5, 0.6) is 0 Å². The summed E-state index contributed by atoms with van der Waals surface area (Å²) in [5, 5.41) is 18.2. The fourth-order valence-electron chi connectivity index (χ4n) is 1.91. The summed E-state index contributed by atoms with van der Waals surface area (Å²) in [7, 11) is 0. The highest BCUT2D eigenvalue weighted by atomic mass is 32.2. The highest BCUT2D eigenvalue weighted by Gasteiger charge is 2.32. The molecular weight excluding hydrogens is 349 g/mol. The van der Waals surface area contributed by atoms with Gasteiger partial charge in [-0.15, -0.1) is 11.7 Å². The van der Waals surface area contributed by atoms with E-state index in [0.717, 1.165) is 11.8 Å². The Morgan fingerprint density at radius 1 is 1.52 bits per heavy atom. The SMILES string of the molecule is C=CCOCc1ccc(C=NN=C2NC(=O)C(CC(=O)O)S2)cc1F. The summed E-state index contributed by atoms with van der Waals surface area (Å²) in [6.07, 6.45) is 2.63. The van der Waals surface area contributed by atoms with E-state index in [1.165, 1.54) is 12.3 Å². The minimum atomic E-state index is -1.06. The summed E-state index contributed by atoms with van der Waals surface area (Å²) in [6.45, 7) is 4.00. The maximum absolute atomic E-state index is 13.9. The van der Waals surface area contributed by atoms with Gasteiger partial charge in [0.05, 0.1) is 25.8 Å². The van der Waals surface area contributed by atoms with Crippen LogP contribution in [-0.4, -0.2) is 40.2 Å². The first kappa shape index (κ1) is 18.8. The van der Waals surface area contributed by atoms with E-state index in [-0.39, 0.29) is 18.2 Å². The third kappa shape index (κ3) is 5.80. The number of hydrogen-bond acceptors (Lipinski definition) is 6. The lowest BCUT2D eigenvalue weighted by molar-refractivity contribution is -0.138. The number of carbonyl (C=O) groups is 2. The van der Waals surface area contributed by atoms with Crippen molar-refractivity contribution in [2.45, 2.75) is 18.3 Å². The molecule has 0 aliphatic carbocycles. The van der Waals surface area contributed by atoms with E-state index in [0.29, 0.717) is 17.7 Å². The highest BCUT2D eigenvalue weighted by molar-refractivity contribution is 8.15. The van der Waals surface area contributed by atoms with Gasteiger partial charge in [0.25, 0.3) is 0 Å². The number of rotatable bonds is 8. The molecule has 132 valence electrons. The van der Waals surface area contributed by atoms with Gasteiger partial charge in [0.15, 0.2) is 5.17 Å². The Bertz CT molecular complexity index is 736. The van der Waals surface area contributed by atoms with Crippen molar-refractivity contribution < 1.29 is 23.8 Å². The molecule has 1 unspecified atom stereocenters. The van der Waals surface area contributed by atoms with Crippen LogP contribution in [0.15, 0.2) is 41.1 Å². The van der Waals surface area contributed by atoms with Crippen LogP contribution < -0.4 is 5.32 Å². The summed E-state index contributed by atoms with van der Waals surface area (Å²) >= 11 is 0.995. The van der Waals surface area contributed by atoms with Crippen LogP contribution in [-0.2, 0) is 20.9 Å². The number of benzene rings is 1. The summed E-state index contributed by atoms with van der Waals surface area (Å²) in [6, 6.07) is 4.54. The van der Waals surface area contributed by atoms with E-state index in [2.05, 4.69) is 22.1 Å². The first-order valence-corrected chi connectivity index (χ1v) is 8.15. The van der Waals surface area contributed by atoms with Crippen molar-refractivity contribution in [2.75, 3.05) is 6.61 Å². The molecule has 1 aromatic rings. The normalized spacial score (nSPS) is 18.7. The molecule has 1 fully saturated rings. The first-order chi connectivity index (χ1) is 12.0. The fraction of sp³-hybridized carbons (Fsp3) is 0.250. The zero-order chi connectivity index (χ0) is 18.2. The van der Waals surface area contributed by atoms with Gasteiger partial charge < -0.3 is 15.2 Å². The van der Waals surface area contributed by atoms with Crippen LogP contribution in [0.4, 0.5) is 4.39 Å². The molecule has 1 saturated heterocycles. The van der Waals surface area contributed by atoms with E-state index in [1.54, 1.807) is 18.2 Å². The monoisotopic (exact) mass is 365 g/mol. The summed E-state index contributed by atoms with van der Waals surface area (Å²) in [5.41, 5.74) is 0.908. The van der Waals surface area contributed by atoms with Gasteiger partial charge in [0.2, 0.25) is 5.91 Å². The van der Waals surface area contributed by atoms with Crippen molar-refractivity contribution in [3.63, 3.8) is 0 Å². The number of carboxylic acids is 1. The van der Waals surface area contributed by atoms with Gasteiger partial charge in [-0.05, 0) is 11.6 Å². The molecule has 1 heterocycles. The Kier molecular flexibility index (Phi) is 6.84. The number of nitrogens with zero attached hydrogens (tertiary/aromatic N) is 2. The smallest absolute Gasteiger partial charge is 0.305 e. The molecule has 1 aliphatic rings. The number of ether oxygens (including phenoxy) is 1. The largest absolute Gasteiger partial charge is 0.481 e. The maximum atomic E-state index is 13.9. The predicted molar refractivity (Wildman–Crippen MR) is 93.1 cm³/mol. The zero-order valence-corrected chi connectivity index (χ0v) is 14.0. The molecule has 1 aliphatic heterocycles. The zero-order valence-electron chi connectivity index (χ0n) is 13.1. The molecule has 2 N–H and O–H groups in total. The average Bonchev–Trinajstić information content (AvgIpc) is 2.89. The number of amides is 1. The Morgan fingerprint density at radius 2 is 2.32 bits per heavy atom. The van der Waals surface area contributed by atoms with Crippen LogP contribution in [0.3, 0.4) is 0 Å². The van der Waals surface area contributed by atoms with E-state index in [9.17, 15) is 14.0 Å². The second kappa shape index (κ2) is 9.09. The maximum Gasteiger partial charge on any atom is 0.305 e. The molecule has 25 heavy (non-hydrogen) atoms. The molecule has 0 saturated carbocycles. The number of thioether (sulfide) groups is 1. The number of aliphatic carboxylic acids is 1. The minimum absolute atomic E-state index is 0.144. The first-order valence-electron chi connectivity index (χ1n) is 7.27. The highest BCUT2D eigenvalue weighted by Crippen LogP contribution is 2.22. The fourth-order valence-corrected chi connectivity index (χ4v) is 2.82. The molecule has 0 aromatic heterocycles. The van der Waals surface area contributed by atoms with Crippen molar-refractivity contribution in [3.05, 3.63) is 47.8 Å². The Balaban J connectivity index is 1.95. The number of halogens is 1. The van der Waals surface area contributed by atoms with Crippen molar-refractivity contribution in [2.24, 2.45) is 10.2 Å². The lowest BCUT2D eigenvalue weighted by Gasteiger charge is -2.04. The number of hydrogen-bond donors (Lipinski definition) is 2. The average molecular weight is 365 g/mol. The topological polar surface area (TPSA) is 100 Å². The molecule has 2 rings (SSSR count). The Labute approximate surface area is 147 Å². The molecular formula is C16H16FN3O4S. The van der Waals surface area contributed by atoms with Crippen LogP contribution in [0, 0.1) is 5.82 Å². The molecule has 1 aromatic carbocycles. The van der Waals surface area contributed by atoms with Gasteiger partial charge in [-0.2, -0.15) is 5.10 Å². The van der Waals surface area contributed by atoms with Crippen molar-refractivity contribution >= 4 is 35.0 Å². The van der Waals surface area contributed by atoms with E-state index < -0.39 is 22.9 Å². The van der Waals surface area contributed by atoms with Crippen molar-refractivity contribution in [3.8, 4) is 0 Å².